The number of hydrogen-bond acceptors (Lipinski definition) is 4. The molecule has 1 heterocycles. The molecule has 0 spiro atoms. The average Bonchev–Trinajstić information content (AvgIpc) is 2.37. The maximum atomic E-state index is 6.05. The number of rotatable bonds is 7. The predicted octanol–water partition coefficient (Wildman–Crippen LogP) is 1.76. The fourth-order valence-corrected chi connectivity index (χ4v) is 1.96. The third kappa shape index (κ3) is 3.22. The molecule has 1 fully saturated rings. The molecule has 1 N–H and O–H groups in total. The average molecular weight is 251 g/mol. The minimum Gasteiger partial charge on any atom is -0.496 e. The van der Waals surface area contributed by atoms with Gasteiger partial charge in [0.1, 0.15) is 11.9 Å². The van der Waals surface area contributed by atoms with Crippen molar-refractivity contribution in [3.05, 3.63) is 29.8 Å². The van der Waals surface area contributed by atoms with Gasteiger partial charge in [0.05, 0.1) is 26.4 Å². The minimum atomic E-state index is 0.00926. The molecule has 1 aromatic rings. The molecule has 1 aliphatic heterocycles. The highest BCUT2D eigenvalue weighted by Crippen LogP contribution is 2.29. The van der Waals surface area contributed by atoms with Gasteiger partial charge < -0.3 is 19.5 Å². The van der Waals surface area contributed by atoms with E-state index >= 15 is 0 Å². The fraction of sp³-hybridized carbons (Fsp3) is 0.571. The van der Waals surface area contributed by atoms with E-state index in [2.05, 4.69) is 18.3 Å². The zero-order chi connectivity index (χ0) is 12.8. The van der Waals surface area contributed by atoms with Gasteiger partial charge in [-0.25, -0.2) is 0 Å². The number of nitrogens with one attached hydrogen (secondary N) is 1. The predicted molar refractivity (Wildman–Crippen MR) is 70.0 cm³/mol. The van der Waals surface area contributed by atoms with Gasteiger partial charge in [-0.2, -0.15) is 0 Å². The van der Waals surface area contributed by atoms with Gasteiger partial charge in [0.25, 0.3) is 0 Å². The van der Waals surface area contributed by atoms with E-state index in [0.29, 0.717) is 13.2 Å². The number of ether oxygens (including phenoxy) is 3. The third-order valence-electron chi connectivity index (χ3n) is 3.03. The quantitative estimate of drug-likeness (QED) is 0.801. The highest BCUT2D eigenvalue weighted by molar-refractivity contribution is 5.35. The van der Waals surface area contributed by atoms with Crippen LogP contribution in [0.15, 0.2) is 24.3 Å². The van der Waals surface area contributed by atoms with E-state index in [1.54, 1.807) is 7.11 Å². The van der Waals surface area contributed by atoms with Crippen LogP contribution in [0.5, 0.6) is 5.75 Å². The van der Waals surface area contributed by atoms with Crippen LogP contribution in [-0.4, -0.2) is 39.5 Å². The van der Waals surface area contributed by atoms with Crippen LogP contribution in [0.3, 0.4) is 0 Å². The van der Waals surface area contributed by atoms with Crippen molar-refractivity contribution in [3.63, 3.8) is 0 Å². The zero-order valence-electron chi connectivity index (χ0n) is 11.0. The minimum absolute atomic E-state index is 0.00926. The summed E-state index contributed by atoms with van der Waals surface area (Å²) in [6, 6.07) is 8.01. The molecule has 100 valence electrons. The van der Waals surface area contributed by atoms with Crippen LogP contribution in [0, 0.1) is 0 Å². The molecular weight excluding hydrogens is 230 g/mol. The lowest BCUT2D eigenvalue weighted by molar-refractivity contribution is -0.155. The molecule has 0 amide bonds. The molecule has 0 saturated carbocycles. The van der Waals surface area contributed by atoms with E-state index in [1.807, 2.05) is 18.2 Å². The Morgan fingerprint density at radius 1 is 1.39 bits per heavy atom. The van der Waals surface area contributed by atoms with E-state index in [4.69, 9.17) is 14.2 Å². The second-order valence-corrected chi connectivity index (χ2v) is 4.33. The Labute approximate surface area is 108 Å². The number of methoxy groups -OCH3 is 1. The molecule has 0 aromatic heterocycles. The van der Waals surface area contributed by atoms with Crippen molar-refractivity contribution < 1.29 is 14.2 Å². The summed E-state index contributed by atoms with van der Waals surface area (Å²) in [5.41, 5.74) is 1.09. The van der Waals surface area contributed by atoms with Crippen LogP contribution in [0.25, 0.3) is 0 Å². The Hall–Kier alpha value is -1.10. The molecule has 1 aliphatic rings. The van der Waals surface area contributed by atoms with Crippen molar-refractivity contribution in [1.82, 2.24) is 5.32 Å². The molecule has 1 saturated heterocycles. The second kappa shape index (κ2) is 6.73. The van der Waals surface area contributed by atoms with E-state index in [-0.39, 0.29) is 12.2 Å². The van der Waals surface area contributed by atoms with Gasteiger partial charge >= 0.3 is 0 Å². The van der Waals surface area contributed by atoms with Crippen molar-refractivity contribution in [3.8, 4) is 5.75 Å². The van der Waals surface area contributed by atoms with E-state index in [1.165, 1.54) is 0 Å². The smallest absolute Gasteiger partial charge is 0.124 e. The first-order valence-corrected chi connectivity index (χ1v) is 6.42. The number of likely N-dealkylation sites (N-methyl/N-ethyl adjacent to an activating group) is 1. The summed E-state index contributed by atoms with van der Waals surface area (Å²) < 4.78 is 16.6. The molecular formula is C14H21NO3. The van der Waals surface area contributed by atoms with E-state index in [0.717, 1.165) is 24.4 Å². The molecule has 1 unspecified atom stereocenters. The van der Waals surface area contributed by atoms with Crippen LogP contribution in [0.1, 0.15) is 18.6 Å². The van der Waals surface area contributed by atoms with E-state index < -0.39 is 0 Å². The highest BCUT2D eigenvalue weighted by atomic mass is 16.6. The Kier molecular flexibility index (Phi) is 4.99. The molecule has 4 heteroatoms. The molecule has 2 rings (SSSR count). The zero-order valence-corrected chi connectivity index (χ0v) is 11.0. The fourth-order valence-electron chi connectivity index (χ4n) is 1.96. The molecule has 0 radical (unpaired) electrons. The normalized spacial score (nSPS) is 17.2. The summed E-state index contributed by atoms with van der Waals surface area (Å²) in [6.45, 7) is 5.19. The topological polar surface area (TPSA) is 39.7 Å². The molecule has 0 aliphatic carbocycles. The summed E-state index contributed by atoms with van der Waals surface area (Å²) in [5.74, 6) is 0.876. The summed E-state index contributed by atoms with van der Waals surface area (Å²) in [6.07, 6.45) is 0.216. The molecule has 1 aromatic carbocycles. The van der Waals surface area contributed by atoms with Gasteiger partial charge in [-0.1, -0.05) is 25.1 Å². The Morgan fingerprint density at radius 2 is 2.17 bits per heavy atom. The van der Waals surface area contributed by atoms with Crippen molar-refractivity contribution >= 4 is 0 Å². The SMILES string of the molecule is CCNCC(OC1COC1)c1ccccc1OC. The lowest BCUT2D eigenvalue weighted by Crippen LogP contribution is -2.39. The van der Waals surface area contributed by atoms with Crippen LogP contribution >= 0.6 is 0 Å². The van der Waals surface area contributed by atoms with E-state index in [9.17, 15) is 0 Å². The molecule has 18 heavy (non-hydrogen) atoms. The summed E-state index contributed by atoms with van der Waals surface area (Å²) in [7, 11) is 1.69. The molecule has 0 bridgehead atoms. The first kappa shape index (κ1) is 13.3. The maximum Gasteiger partial charge on any atom is 0.124 e. The lowest BCUT2D eigenvalue weighted by Gasteiger charge is -2.31. The van der Waals surface area contributed by atoms with Crippen molar-refractivity contribution in [2.45, 2.75) is 19.1 Å². The number of para-hydroxylation sites is 1. The summed E-state index contributed by atoms with van der Waals surface area (Å²) >= 11 is 0. The van der Waals surface area contributed by atoms with Crippen LogP contribution < -0.4 is 10.1 Å². The summed E-state index contributed by atoms with van der Waals surface area (Å²) in [5, 5.41) is 3.33. The molecule has 1 atom stereocenters. The first-order valence-electron chi connectivity index (χ1n) is 6.42. The highest BCUT2D eigenvalue weighted by Gasteiger charge is 2.25. The standard InChI is InChI=1S/C14H21NO3/c1-3-15-8-14(18-11-9-17-10-11)12-6-4-5-7-13(12)16-2/h4-7,11,14-15H,3,8-10H2,1-2H3. The third-order valence-corrected chi connectivity index (χ3v) is 3.03. The van der Waals surface area contributed by atoms with Gasteiger partial charge in [0, 0.05) is 12.1 Å². The number of hydrogen-bond donors (Lipinski definition) is 1. The Morgan fingerprint density at radius 3 is 2.78 bits per heavy atom. The first-order chi connectivity index (χ1) is 8.85. The van der Waals surface area contributed by atoms with Crippen molar-refractivity contribution in [2.75, 3.05) is 33.4 Å². The van der Waals surface area contributed by atoms with Crippen LogP contribution in [0.4, 0.5) is 0 Å². The van der Waals surface area contributed by atoms with Crippen molar-refractivity contribution in [2.24, 2.45) is 0 Å². The second-order valence-electron chi connectivity index (χ2n) is 4.33. The van der Waals surface area contributed by atoms with Gasteiger partial charge in [0.2, 0.25) is 0 Å². The van der Waals surface area contributed by atoms with Gasteiger partial charge in [-0.15, -0.1) is 0 Å². The lowest BCUT2D eigenvalue weighted by atomic mass is 10.1. The van der Waals surface area contributed by atoms with Crippen molar-refractivity contribution in [1.29, 1.82) is 0 Å². The van der Waals surface area contributed by atoms with Gasteiger partial charge in [-0.3, -0.25) is 0 Å². The number of benzene rings is 1. The van der Waals surface area contributed by atoms with Crippen LogP contribution in [-0.2, 0) is 9.47 Å². The monoisotopic (exact) mass is 251 g/mol. The maximum absolute atomic E-state index is 6.05. The van der Waals surface area contributed by atoms with Crippen LogP contribution in [0.2, 0.25) is 0 Å². The largest absolute Gasteiger partial charge is 0.496 e. The van der Waals surface area contributed by atoms with Gasteiger partial charge in [0.15, 0.2) is 0 Å². The summed E-state index contributed by atoms with van der Waals surface area (Å²) in [4.78, 5) is 0. The molecule has 4 nitrogen and oxygen atoms in total. The Bertz CT molecular complexity index is 366. The Balaban J connectivity index is 2.09. The van der Waals surface area contributed by atoms with Gasteiger partial charge in [-0.05, 0) is 12.6 Å².